The molecule has 1 aromatic heterocycles. The van der Waals surface area contributed by atoms with Gasteiger partial charge in [-0.2, -0.15) is 5.10 Å². The molecule has 0 unspecified atom stereocenters. The zero-order valence-corrected chi connectivity index (χ0v) is 11.6. The van der Waals surface area contributed by atoms with Crippen molar-refractivity contribution in [1.82, 2.24) is 9.97 Å². The van der Waals surface area contributed by atoms with Gasteiger partial charge in [0, 0.05) is 11.8 Å². The number of methoxy groups -OCH3 is 1. The molecular weight excluding hydrogens is 272 g/mol. The summed E-state index contributed by atoms with van der Waals surface area (Å²) in [5, 5.41) is 3.96. The Morgan fingerprint density at radius 3 is 2.71 bits per heavy atom. The number of nitrogens with zero attached hydrogens (tertiary/aromatic N) is 2. The van der Waals surface area contributed by atoms with Crippen LogP contribution in [0.2, 0.25) is 0 Å². The summed E-state index contributed by atoms with van der Waals surface area (Å²) < 4.78 is 4.61. The first kappa shape index (κ1) is 14.4. The van der Waals surface area contributed by atoms with Crippen LogP contribution in [0.1, 0.15) is 21.6 Å². The van der Waals surface area contributed by atoms with E-state index >= 15 is 0 Å². The molecule has 7 nitrogen and oxygen atoms in total. The van der Waals surface area contributed by atoms with Gasteiger partial charge in [-0.25, -0.2) is 15.2 Å². The summed E-state index contributed by atoms with van der Waals surface area (Å²) in [5.41, 5.74) is 4.23. The van der Waals surface area contributed by atoms with Gasteiger partial charge in [0.1, 0.15) is 0 Å². The van der Waals surface area contributed by atoms with Gasteiger partial charge in [0.15, 0.2) is 0 Å². The number of H-pyrrole nitrogens is 1. The van der Waals surface area contributed by atoms with E-state index in [4.69, 9.17) is 0 Å². The van der Waals surface area contributed by atoms with Crippen LogP contribution in [0.5, 0.6) is 0 Å². The fourth-order valence-corrected chi connectivity index (χ4v) is 1.62. The Hall–Kier alpha value is -2.96. The van der Waals surface area contributed by atoms with Gasteiger partial charge >= 0.3 is 5.97 Å². The normalized spacial score (nSPS) is 10.6. The molecule has 0 amide bonds. The van der Waals surface area contributed by atoms with Gasteiger partial charge in [0.2, 0.25) is 5.95 Å². The Labute approximate surface area is 120 Å². The van der Waals surface area contributed by atoms with Crippen molar-refractivity contribution in [3.63, 3.8) is 0 Å². The van der Waals surface area contributed by atoms with Crippen molar-refractivity contribution in [2.75, 3.05) is 12.5 Å². The molecule has 21 heavy (non-hydrogen) atoms. The van der Waals surface area contributed by atoms with E-state index < -0.39 is 5.97 Å². The van der Waals surface area contributed by atoms with E-state index in [2.05, 4.69) is 25.2 Å². The van der Waals surface area contributed by atoms with Crippen LogP contribution in [0.15, 0.2) is 40.2 Å². The number of carbonyl (C=O) groups is 1. The second-order valence-electron chi connectivity index (χ2n) is 4.22. The second kappa shape index (κ2) is 6.47. The molecule has 1 heterocycles. The number of carbonyl (C=O) groups excluding carboxylic acids is 1. The molecule has 1 aromatic carbocycles. The minimum Gasteiger partial charge on any atom is -0.465 e. The van der Waals surface area contributed by atoms with Crippen molar-refractivity contribution in [2.24, 2.45) is 5.10 Å². The average molecular weight is 286 g/mol. The summed E-state index contributed by atoms with van der Waals surface area (Å²) in [6, 6.07) is 8.12. The Balaban J connectivity index is 2.04. The van der Waals surface area contributed by atoms with Gasteiger partial charge in [0.05, 0.1) is 18.9 Å². The summed E-state index contributed by atoms with van der Waals surface area (Å²) in [6.45, 7) is 1.72. The highest BCUT2D eigenvalue weighted by Crippen LogP contribution is 2.04. The third-order valence-corrected chi connectivity index (χ3v) is 2.59. The van der Waals surface area contributed by atoms with Gasteiger partial charge < -0.3 is 4.74 Å². The molecule has 0 radical (unpaired) electrons. The SMILES string of the molecule is COC(=O)c1ccc(C=NNc2nc(C)cc(=O)[nH]2)cc1. The summed E-state index contributed by atoms with van der Waals surface area (Å²) >= 11 is 0. The molecule has 2 aromatic rings. The topological polar surface area (TPSA) is 96.4 Å². The fraction of sp³-hybridized carbons (Fsp3) is 0.143. The third-order valence-electron chi connectivity index (χ3n) is 2.59. The van der Waals surface area contributed by atoms with E-state index in [1.54, 1.807) is 37.4 Å². The number of hydrogen-bond donors (Lipinski definition) is 2. The first-order chi connectivity index (χ1) is 10.1. The molecule has 2 N–H and O–H groups in total. The number of nitrogens with one attached hydrogen (secondary N) is 2. The van der Waals surface area contributed by atoms with Crippen LogP contribution in [0, 0.1) is 6.92 Å². The molecule has 0 saturated carbocycles. The molecule has 0 spiro atoms. The summed E-state index contributed by atoms with van der Waals surface area (Å²) in [7, 11) is 1.33. The Morgan fingerprint density at radius 2 is 2.10 bits per heavy atom. The highest BCUT2D eigenvalue weighted by Gasteiger charge is 2.03. The lowest BCUT2D eigenvalue weighted by Gasteiger charge is -2.00. The van der Waals surface area contributed by atoms with Gasteiger partial charge in [-0.3, -0.25) is 9.78 Å². The molecule has 2 rings (SSSR count). The quantitative estimate of drug-likeness (QED) is 0.502. The van der Waals surface area contributed by atoms with Gasteiger partial charge in [-0.15, -0.1) is 0 Å². The maximum atomic E-state index is 11.3. The standard InChI is InChI=1S/C14H14N4O3/c1-9-7-12(19)17-14(16-9)18-15-8-10-3-5-11(6-4-10)13(20)21-2/h3-8H,1-2H3,(H2,16,17,18,19). The van der Waals surface area contributed by atoms with Gasteiger partial charge in [-0.1, -0.05) is 12.1 Å². The van der Waals surface area contributed by atoms with Crippen LogP contribution in [0.25, 0.3) is 0 Å². The zero-order chi connectivity index (χ0) is 15.2. The predicted octanol–water partition coefficient (Wildman–Crippen LogP) is 1.31. The van der Waals surface area contributed by atoms with Crippen molar-refractivity contribution < 1.29 is 9.53 Å². The van der Waals surface area contributed by atoms with Crippen molar-refractivity contribution in [3.05, 3.63) is 57.5 Å². The largest absolute Gasteiger partial charge is 0.465 e. The minimum atomic E-state index is -0.391. The Kier molecular flexibility index (Phi) is 4.45. The molecule has 0 bridgehead atoms. The summed E-state index contributed by atoms with van der Waals surface area (Å²) in [5.74, 6) is -0.124. The lowest BCUT2D eigenvalue weighted by Crippen LogP contribution is -2.10. The van der Waals surface area contributed by atoms with Crippen molar-refractivity contribution in [1.29, 1.82) is 0 Å². The van der Waals surface area contributed by atoms with E-state index in [0.717, 1.165) is 5.56 Å². The average Bonchev–Trinajstić information content (AvgIpc) is 2.46. The predicted molar refractivity (Wildman–Crippen MR) is 78.6 cm³/mol. The molecule has 108 valence electrons. The highest BCUT2D eigenvalue weighted by molar-refractivity contribution is 5.90. The monoisotopic (exact) mass is 286 g/mol. The van der Waals surface area contributed by atoms with Crippen molar-refractivity contribution >= 4 is 18.1 Å². The van der Waals surface area contributed by atoms with Crippen LogP contribution < -0.4 is 11.0 Å². The van der Waals surface area contributed by atoms with Gasteiger partial charge in [-0.05, 0) is 24.6 Å². The molecular formula is C14H14N4O3. The molecule has 0 aliphatic carbocycles. The number of anilines is 1. The number of rotatable bonds is 4. The Morgan fingerprint density at radius 1 is 1.38 bits per heavy atom. The number of aryl methyl sites for hydroxylation is 1. The molecule has 7 heteroatoms. The summed E-state index contributed by atoms with van der Waals surface area (Å²) in [4.78, 5) is 29.1. The number of aromatic amines is 1. The van der Waals surface area contributed by atoms with Crippen molar-refractivity contribution in [3.8, 4) is 0 Å². The first-order valence-electron chi connectivity index (χ1n) is 6.14. The lowest BCUT2D eigenvalue weighted by atomic mass is 10.1. The van der Waals surface area contributed by atoms with Crippen LogP contribution in [0.4, 0.5) is 5.95 Å². The van der Waals surface area contributed by atoms with E-state index in [1.165, 1.54) is 13.2 Å². The van der Waals surface area contributed by atoms with Crippen molar-refractivity contribution in [2.45, 2.75) is 6.92 Å². The number of benzene rings is 1. The van der Waals surface area contributed by atoms with E-state index in [9.17, 15) is 9.59 Å². The maximum absolute atomic E-state index is 11.3. The zero-order valence-electron chi connectivity index (χ0n) is 11.6. The minimum absolute atomic E-state index is 0.248. The number of aromatic nitrogens is 2. The maximum Gasteiger partial charge on any atom is 0.337 e. The molecule has 0 atom stereocenters. The van der Waals surface area contributed by atoms with Crippen LogP contribution in [0.3, 0.4) is 0 Å². The van der Waals surface area contributed by atoms with E-state index in [0.29, 0.717) is 11.3 Å². The number of ether oxygens (including phenoxy) is 1. The molecule has 0 aliphatic heterocycles. The van der Waals surface area contributed by atoms with Crippen LogP contribution in [-0.4, -0.2) is 29.3 Å². The molecule has 0 saturated heterocycles. The third kappa shape index (κ3) is 4.00. The first-order valence-corrected chi connectivity index (χ1v) is 6.14. The lowest BCUT2D eigenvalue weighted by molar-refractivity contribution is 0.0600. The van der Waals surface area contributed by atoms with E-state index in [1.807, 2.05) is 0 Å². The fourth-order valence-electron chi connectivity index (χ4n) is 1.62. The smallest absolute Gasteiger partial charge is 0.337 e. The van der Waals surface area contributed by atoms with Gasteiger partial charge in [0.25, 0.3) is 5.56 Å². The molecule has 0 aliphatic rings. The highest BCUT2D eigenvalue weighted by atomic mass is 16.5. The number of hydrazone groups is 1. The number of hydrogen-bond acceptors (Lipinski definition) is 6. The van der Waals surface area contributed by atoms with E-state index in [-0.39, 0.29) is 11.5 Å². The summed E-state index contributed by atoms with van der Waals surface area (Å²) in [6.07, 6.45) is 1.55. The number of esters is 1. The Bertz CT molecular complexity index is 720. The van der Waals surface area contributed by atoms with Crippen LogP contribution in [-0.2, 0) is 4.74 Å². The second-order valence-corrected chi connectivity index (χ2v) is 4.22. The molecule has 0 fully saturated rings. The van der Waals surface area contributed by atoms with Crippen LogP contribution >= 0.6 is 0 Å².